The first kappa shape index (κ1) is 23.2. The molecule has 8 heteroatoms. The molecule has 0 aliphatic carbocycles. The number of carbonyl (C=O) groups is 2. The van der Waals surface area contributed by atoms with Crippen LogP contribution >= 0.6 is 22.9 Å². The molecule has 0 bridgehead atoms. The van der Waals surface area contributed by atoms with Crippen molar-refractivity contribution in [2.24, 2.45) is 5.10 Å². The van der Waals surface area contributed by atoms with Crippen molar-refractivity contribution in [3.8, 4) is 11.5 Å². The molecule has 6 nitrogen and oxygen atoms in total. The van der Waals surface area contributed by atoms with E-state index in [-0.39, 0.29) is 5.91 Å². The van der Waals surface area contributed by atoms with Crippen LogP contribution in [0.4, 0.5) is 0 Å². The molecule has 1 N–H and O–H groups in total. The van der Waals surface area contributed by atoms with Crippen LogP contribution in [0.2, 0.25) is 5.02 Å². The van der Waals surface area contributed by atoms with Crippen molar-refractivity contribution < 1.29 is 19.1 Å². The Labute approximate surface area is 205 Å². The first-order valence-corrected chi connectivity index (χ1v) is 11.5. The summed E-state index contributed by atoms with van der Waals surface area (Å²) < 4.78 is 11.0. The van der Waals surface area contributed by atoms with Gasteiger partial charge < -0.3 is 9.47 Å². The smallest absolute Gasteiger partial charge is 0.353 e. The molecular weight excluding hydrogens is 472 g/mol. The first-order valence-electron chi connectivity index (χ1n) is 10.2. The van der Waals surface area contributed by atoms with Gasteiger partial charge in [0.25, 0.3) is 5.91 Å². The Hall–Kier alpha value is -3.94. The third kappa shape index (κ3) is 6.54. The Morgan fingerprint density at radius 2 is 1.62 bits per heavy atom. The number of nitrogens with zero attached hydrogens (tertiary/aromatic N) is 1. The normalized spacial score (nSPS) is 10.7. The second-order valence-corrected chi connectivity index (χ2v) is 8.46. The van der Waals surface area contributed by atoms with E-state index in [0.717, 1.165) is 11.1 Å². The minimum atomic E-state index is -0.398. The van der Waals surface area contributed by atoms with Gasteiger partial charge in [0, 0.05) is 10.6 Å². The molecule has 3 aromatic carbocycles. The monoisotopic (exact) mass is 490 g/mol. The van der Waals surface area contributed by atoms with Crippen LogP contribution in [0.5, 0.6) is 11.5 Å². The number of carbonyl (C=O) groups excluding carboxylic acids is 2. The van der Waals surface area contributed by atoms with Crippen LogP contribution in [-0.2, 0) is 6.61 Å². The zero-order valence-corrected chi connectivity index (χ0v) is 19.4. The Morgan fingerprint density at radius 3 is 2.29 bits per heavy atom. The molecule has 0 aliphatic heterocycles. The van der Waals surface area contributed by atoms with Crippen molar-refractivity contribution in [1.82, 2.24) is 5.43 Å². The lowest BCUT2D eigenvalue weighted by molar-refractivity contribution is 0.0739. The van der Waals surface area contributed by atoms with Crippen molar-refractivity contribution in [2.45, 2.75) is 6.61 Å². The van der Waals surface area contributed by atoms with E-state index in [0.29, 0.717) is 33.6 Å². The van der Waals surface area contributed by atoms with Crippen molar-refractivity contribution in [1.29, 1.82) is 0 Å². The fourth-order valence-electron chi connectivity index (χ4n) is 2.85. The van der Waals surface area contributed by atoms with E-state index < -0.39 is 5.97 Å². The van der Waals surface area contributed by atoms with Crippen molar-refractivity contribution in [3.05, 3.63) is 117 Å². The van der Waals surface area contributed by atoms with E-state index in [4.69, 9.17) is 21.1 Å². The molecule has 0 saturated heterocycles. The number of hydrazone groups is 1. The molecule has 34 heavy (non-hydrogen) atoms. The highest BCUT2D eigenvalue weighted by atomic mass is 35.5. The minimum Gasteiger partial charge on any atom is -0.489 e. The molecule has 4 rings (SSSR count). The summed E-state index contributed by atoms with van der Waals surface area (Å²) in [5, 5.41) is 6.47. The van der Waals surface area contributed by atoms with Gasteiger partial charge in [-0.05, 0) is 83.2 Å². The fraction of sp³-hybridized carbons (Fsp3) is 0.0385. The Bertz CT molecular complexity index is 1270. The number of esters is 1. The number of benzene rings is 3. The Balaban J connectivity index is 1.25. The summed E-state index contributed by atoms with van der Waals surface area (Å²) in [4.78, 5) is 24.8. The average Bonchev–Trinajstić information content (AvgIpc) is 3.40. The van der Waals surface area contributed by atoms with Gasteiger partial charge in [0.05, 0.1) is 6.21 Å². The first-order chi connectivity index (χ1) is 16.6. The summed E-state index contributed by atoms with van der Waals surface area (Å²) in [7, 11) is 0. The molecule has 0 spiro atoms. The summed E-state index contributed by atoms with van der Waals surface area (Å²) >= 11 is 7.20. The highest BCUT2D eigenvalue weighted by Crippen LogP contribution is 2.17. The third-order valence-corrected chi connectivity index (χ3v) is 5.73. The van der Waals surface area contributed by atoms with Crippen molar-refractivity contribution >= 4 is 41.0 Å². The number of ether oxygens (including phenoxy) is 2. The molecule has 0 saturated carbocycles. The summed E-state index contributed by atoms with van der Waals surface area (Å²) in [6.07, 6.45) is 1.51. The van der Waals surface area contributed by atoms with Crippen molar-refractivity contribution in [3.63, 3.8) is 0 Å². The second kappa shape index (κ2) is 11.3. The number of hydrogen-bond acceptors (Lipinski definition) is 6. The van der Waals surface area contributed by atoms with Gasteiger partial charge in [0.15, 0.2) is 0 Å². The van der Waals surface area contributed by atoms with E-state index in [9.17, 15) is 9.59 Å². The maximum atomic E-state index is 12.3. The standard InChI is InChI=1S/C26H19ClN2O4S/c27-21-9-3-19(4-10-21)17-32-22-13-7-20(8-14-22)25(30)29-28-16-18-5-11-23(12-6-18)33-26(31)24-2-1-15-34-24/h1-16H,17H2,(H,29,30)/b28-16+. The van der Waals surface area contributed by atoms with Crippen LogP contribution < -0.4 is 14.9 Å². The molecule has 0 atom stereocenters. The molecule has 1 aromatic heterocycles. The summed E-state index contributed by atoms with van der Waals surface area (Å²) in [6.45, 7) is 0.402. The fourth-order valence-corrected chi connectivity index (χ4v) is 3.58. The number of hydrogen-bond donors (Lipinski definition) is 1. The van der Waals surface area contributed by atoms with Gasteiger partial charge in [0.2, 0.25) is 0 Å². The Morgan fingerprint density at radius 1 is 0.912 bits per heavy atom. The van der Waals surface area contributed by atoms with Crippen LogP contribution in [0.25, 0.3) is 0 Å². The highest BCUT2D eigenvalue weighted by molar-refractivity contribution is 7.12. The molecule has 1 amide bonds. The van der Waals surface area contributed by atoms with Gasteiger partial charge in [-0.1, -0.05) is 29.8 Å². The molecule has 0 fully saturated rings. The lowest BCUT2D eigenvalue weighted by atomic mass is 10.2. The number of halogens is 1. The number of rotatable bonds is 8. The zero-order chi connectivity index (χ0) is 23.8. The average molecular weight is 491 g/mol. The molecular formula is C26H19ClN2O4S. The van der Waals surface area contributed by atoms with E-state index in [1.165, 1.54) is 17.6 Å². The number of thiophene rings is 1. The van der Waals surface area contributed by atoms with Crippen LogP contribution in [0, 0.1) is 0 Å². The highest BCUT2D eigenvalue weighted by Gasteiger charge is 2.09. The molecule has 0 aliphatic rings. The summed E-state index contributed by atoms with van der Waals surface area (Å²) in [6, 6.07) is 24.5. The lowest BCUT2D eigenvalue weighted by Gasteiger charge is -2.07. The van der Waals surface area contributed by atoms with Gasteiger partial charge in [-0.15, -0.1) is 11.3 Å². The third-order valence-electron chi connectivity index (χ3n) is 4.63. The van der Waals surface area contributed by atoms with E-state index in [1.54, 1.807) is 60.7 Å². The van der Waals surface area contributed by atoms with Crippen LogP contribution in [0.15, 0.2) is 95.4 Å². The van der Waals surface area contributed by atoms with Gasteiger partial charge in [-0.2, -0.15) is 5.10 Å². The molecule has 4 aromatic rings. The summed E-state index contributed by atoms with van der Waals surface area (Å²) in [5.74, 6) is 0.333. The second-order valence-electron chi connectivity index (χ2n) is 7.07. The molecule has 170 valence electrons. The van der Waals surface area contributed by atoms with Crippen LogP contribution in [0.3, 0.4) is 0 Å². The zero-order valence-electron chi connectivity index (χ0n) is 17.8. The predicted octanol–water partition coefficient (Wildman–Crippen LogP) is 5.96. The van der Waals surface area contributed by atoms with Crippen LogP contribution in [0.1, 0.15) is 31.2 Å². The minimum absolute atomic E-state index is 0.345. The summed E-state index contributed by atoms with van der Waals surface area (Å²) in [5.41, 5.74) is 4.67. The molecule has 0 radical (unpaired) electrons. The number of amides is 1. The van der Waals surface area contributed by atoms with Gasteiger partial charge in [-0.25, -0.2) is 10.2 Å². The predicted molar refractivity (Wildman–Crippen MR) is 133 cm³/mol. The quantitative estimate of drug-likeness (QED) is 0.143. The number of nitrogens with one attached hydrogen (secondary N) is 1. The van der Waals surface area contributed by atoms with Gasteiger partial charge in [0.1, 0.15) is 23.0 Å². The van der Waals surface area contributed by atoms with Gasteiger partial charge >= 0.3 is 5.97 Å². The van der Waals surface area contributed by atoms with E-state index in [1.807, 2.05) is 29.6 Å². The SMILES string of the molecule is O=C(N/N=C/c1ccc(OC(=O)c2cccs2)cc1)c1ccc(OCc2ccc(Cl)cc2)cc1. The van der Waals surface area contributed by atoms with Crippen molar-refractivity contribution in [2.75, 3.05) is 0 Å². The van der Waals surface area contributed by atoms with Crippen LogP contribution in [-0.4, -0.2) is 18.1 Å². The van der Waals surface area contributed by atoms with Gasteiger partial charge in [-0.3, -0.25) is 4.79 Å². The lowest BCUT2D eigenvalue weighted by Crippen LogP contribution is -2.17. The Kier molecular flexibility index (Phi) is 7.70. The molecule has 1 heterocycles. The van der Waals surface area contributed by atoms with E-state index in [2.05, 4.69) is 10.5 Å². The molecule has 0 unspecified atom stereocenters. The maximum Gasteiger partial charge on any atom is 0.353 e. The maximum absolute atomic E-state index is 12.3. The van der Waals surface area contributed by atoms with E-state index >= 15 is 0 Å². The topological polar surface area (TPSA) is 77.0 Å². The largest absolute Gasteiger partial charge is 0.489 e.